The van der Waals surface area contributed by atoms with Crippen molar-refractivity contribution in [3.05, 3.63) is 63.6 Å². The zero-order valence-corrected chi connectivity index (χ0v) is 11.9. The van der Waals surface area contributed by atoms with Gasteiger partial charge in [-0.2, -0.15) is 0 Å². The van der Waals surface area contributed by atoms with E-state index < -0.39 is 0 Å². The summed E-state index contributed by atoms with van der Waals surface area (Å²) in [6, 6.07) is 7.89. The summed E-state index contributed by atoms with van der Waals surface area (Å²) in [6.07, 6.45) is 1.75. The number of pyridine rings is 1. The first-order chi connectivity index (χ1) is 9.58. The molecule has 0 saturated carbocycles. The van der Waals surface area contributed by atoms with Crippen LogP contribution in [0.1, 0.15) is 15.9 Å². The second-order valence-corrected chi connectivity index (χ2v) is 4.86. The molecule has 1 aromatic heterocycles. The number of nitrogens with zero attached hydrogens (tertiary/aromatic N) is 1. The van der Waals surface area contributed by atoms with Crippen molar-refractivity contribution in [2.45, 2.75) is 6.42 Å². The molecule has 1 aromatic carbocycles. The van der Waals surface area contributed by atoms with Gasteiger partial charge in [-0.25, -0.2) is 9.37 Å². The van der Waals surface area contributed by atoms with Gasteiger partial charge in [0.15, 0.2) is 0 Å². The largest absolute Gasteiger partial charge is 0.352 e. The second kappa shape index (κ2) is 6.68. The van der Waals surface area contributed by atoms with Crippen LogP contribution < -0.4 is 5.32 Å². The Labute approximate surface area is 125 Å². The third-order valence-corrected chi connectivity index (χ3v) is 3.38. The molecule has 0 atom stereocenters. The van der Waals surface area contributed by atoms with E-state index in [1.165, 1.54) is 18.3 Å². The molecule has 0 bridgehead atoms. The first-order valence-corrected chi connectivity index (χ1v) is 6.66. The minimum Gasteiger partial charge on any atom is -0.352 e. The topological polar surface area (TPSA) is 42.0 Å². The number of amides is 1. The molecule has 20 heavy (non-hydrogen) atoms. The summed E-state index contributed by atoms with van der Waals surface area (Å²) in [5.74, 6) is -0.606. The molecule has 0 aliphatic rings. The molecular weight excluding hydrogens is 302 g/mol. The van der Waals surface area contributed by atoms with Crippen molar-refractivity contribution in [3.8, 4) is 0 Å². The van der Waals surface area contributed by atoms with Crippen LogP contribution in [0.3, 0.4) is 0 Å². The van der Waals surface area contributed by atoms with Gasteiger partial charge in [0.1, 0.15) is 11.0 Å². The quantitative estimate of drug-likeness (QED) is 0.878. The fraction of sp³-hybridized carbons (Fsp3) is 0.143. The molecule has 1 heterocycles. The molecule has 2 aromatic rings. The van der Waals surface area contributed by atoms with Crippen molar-refractivity contribution >= 4 is 29.1 Å². The van der Waals surface area contributed by atoms with Gasteiger partial charge >= 0.3 is 0 Å². The molecule has 0 radical (unpaired) electrons. The van der Waals surface area contributed by atoms with Gasteiger partial charge in [-0.05, 0) is 24.1 Å². The Morgan fingerprint density at radius 2 is 2.05 bits per heavy atom. The average Bonchev–Trinajstić information content (AvgIpc) is 2.44. The Hall–Kier alpha value is -1.65. The fourth-order valence-corrected chi connectivity index (χ4v) is 1.93. The summed E-state index contributed by atoms with van der Waals surface area (Å²) in [7, 11) is 0. The zero-order valence-electron chi connectivity index (χ0n) is 10.4. The fourth-order valence-electron chi connectivity index (χ4n) is 1.66. The summed E-state index contributed by atoms with van der Waals surface area (Å²) in [5, 5.41) is 3.04. The Kier molecular flexibility index (Phi) is 4.93. The van der Waals surface area contributed by atoms with Gasteiger partial charge in [-0.1, -0.05) is 41.4 Å². The van der Waals surface area contributed by atoms with Crippen molar-refractivity contribution in [1.29, 1.82) is 0 Å². The average molecular weight is 313 g/mol. The normalized spacial score (nSPS) is 10.3. The molecule has 1 N–H and O–H groups in total. The first-order valence-electron chi connectivity index (χ1n) is 5.90. The van der Waals surface area contributed by atoms with Gasteiger partial charge in [0, 0.05) is 12.7 Å². The predicted octanol–water partition coefficient (Wildman–Crippen LogP) is 3.50. The van der Waals surface area contributed by atoms with Crippen LogP contribution in [-0.2, 0) is 6.42 Å². The van der Waals surface area contributed by atoms with Crippen molar-refractivity contribution < 1.29 is 9.18 Å². The van der Waals surface area contributed by atoms with Gasteiger partial charge < -0.3 is 5.32 Å². The minimum atomic E-state index is -0.326. The lowest BCUT2D eigenvalue weighted by molar-refractivity contribution is 0.0953. The lowest BCUT2D eigenvalue weighted by atomic mass is 10.1. The number of nitrogens with one attached hydrogen (secondary N) is 1. The lowest BCUT2D eigenvalue weighted by Gasteiger charge is -2.06. The third kappa shape index (κ3) is 3.68. The molecule has 0 fully saturated rings. The highest BCUT2D eigenvalue weighted by Crippen LogP contribution is 2.19. The number of rotatable bonds is 4. The number of aromatic nitrogens is 1. The Morgan fingerprint density at radius 1 is 1.30 bits per heavy atom. The van der Waals surface area contributed by atoms with Crippen LogP contribution in [0.5, 0.6) is 0 Å². The molecule has 2 rings (SSSR count). The number of carbonyl (C=O) groups excluding carboxylic acids is 1. The highest BCUT2D eigenvalue weighted by molar-refractivity contribution is 6.41. The molecule has 0 unspecified atom stereocenters. The second-order valence-electron chi connectivity index (χ2n) is 4.09. The molecule has 0 aliphatic carbocycles. The SMILES string of the molecule is O=C(NCCc1ccccc1F)c1cnc(Cl)c(Cl)c1. The smallest absolute Gasteiger partial charge is 0.252 e. The number of halogens is 3. The number of hydrogen-bond donors (Lipinski definition) is 1. The lowest BCUT2D eigenvalue weighted by Crippen LogP contribution is -2.26. The Balaban J connectivity index is 1.92. The molecule has 104 valence electrons. The van der Waals surface area contributed by atoms with Crippen LogP contribution in [0.15, 0.2) is 36.5 Å². The van der Waals surface area contributed by atoms with Crippen LogP contribution >= 0.6 is 23.2 Å². The van der Waals surface area contributed by atoms with Crippen LogP contribution in [0.25, 0.3) is 0 Å². The van der Waals surface area contributed by atoms with Crippen LogP contribution in [-0.4, -0.2) is 17.4 Å². The summed E-state index contributed by atoms with van der Waals surface area (Å²) in [6.45, 7) is 0.319. The van der Waals surface area contributed by atoms with Crippen molar-refractivity contribution in [3.63, 3.8) is 0 Å². The van der Waals surface area contributed by atoms with E-state index in [0.717, 1.165) is 0 Å². The van der Waals surface area contributed by atoms with E-state index in [9.17, 15) is 9.18 Å². The highest BCUT2D eigenvalue weighted by Gasteiger charge is 2.09. The van der Waals surface area contributed by atoms with E-state index in [1.807, 2.05) is 0 Å². The minimum absolute atomic E-state index is 0.148. The maximum absolute atomic E-state index is 13.4. The maximum Gasteiger partial charge on any atom is 0.252 e. The molecule has 0 spiro atoms. The van der Waals surface area contributed by atoms with Gasteiger partial charge in [-0.3, -0.25) is 4.79 Å². The van der Waals surface area contributed by atoms with E-state index in [4.69, 9.17) is 23.2 Å². The number of carbonyl (C=O) groups is 1. The molecule has 3 nitrogen and oxygen atoms in total. The van der Waals surface area contributed by atoms with Crippen molar-refractivity contribution in [2.75, 3.05) is 6.54 Å². The predicted molar refractivity (Wildman–Crippen MR) is 76.7 cm³/mol. The van der Waals surface area contributed by atoms with E-state index in [-0.39, 0.29) is 21.9 Å². The third-order valence-electron chi connectivity index (χ3n) is 2.70. The van der Waals surface area contributed by atoms with E-state index in [2.05, 4.69) is 10.3 Å². The molecule has 0 aliphatic heterocycles. The molecule has 6 heteroatoms. The van der Waals surface area contributed by atoms with Gasteiger partial charge in [-0.15, -0.1) is 0 Å². The maximum atomic E-state index is 13.4. The van der Waals surface area contributed by atoms with Gasteiger partial charge in [0.2, 0.25) is 0 Å². The van der Waals surface area contributed by atoms with Crippen molar-refractivity contribution in [2.24, 2.45) is 0 Å². The van der Waals surface area contributed by atoms with Crippen LogP contribution in [0, 0.1) is 5.82 Å². The molecule has 1 amide bonds. The number of benzene rings is 1. The van der Waals surface area contributed by atoms with Crippen LogP contribution in [0.2, 0.25) is 10.2 Å². The van der Waals surface area contributed by atoms with E-state index in [0.29, 0.717) is 24.1 Å². The molecular formula is C14H11Cl2FN2O. The first kappa shape index (κ1) is 14.8. The Bertz CT molecular complexity index is 634. The number of hydrogen-bond acceptors (Lipinski definition) is 2. The summed E-state index contributed by atoms with van der Waals surface area (Å²) >= 11 is 11.5. The summed E-state index contributed by atoms with van der Waals surface area (Å²) in [4.78, 5) is 15.6. The van der Waals surface area contributed by atoms with Gasteiger partial charge in [0.05, 0.1) is 10.6 Å². The summed E-state index contributed by atoms with van der Waals surface area (Å²) in [5.41, 5.74) is 0.869. The Morgan fingerprint density at radius 3 is 2.75 bits per heavy atom. The zero-order chi connectivity index (χ0) is 14.5. The summed E-state index contributed by atoms with van der Waals surface area (Å²) < 4.78 is 13.4. The van der Waals surface area contributed by atoms with Crippen LogP contribution in [0.4, 0.5) is 4.39 Å². The molecule has 0 saturated heterocycles. The van der Waals surface area contributed by atoms with Crippen molar-refractivity contribution in [1.82, 2.24) is 10.3 Å². The van der Waals surface area contributed by atoms with E-state index in [1.54, 1.807) is 18.2 Å². The standard InChI is InChI=1S/C14H11Cl2FN2O/c15-11-7-10(8-19-13(11)16)14(20)18-6-5-9-3-1-2-4-12(9)17/h1-4,7-8H,5-6H2,(H,18,20). The van der Waals surface area contributed by atoms with Gasteiger partial charge in [0.25, 0.3) is 5.91 Å². The monoisotopic (exact) mass is 312 g/mol. The van der Waals surface area contributed by atoms with E-state index >= 15 is 0 Å². The highest BCUT2D eigenvalue weighted by atomic mass is 35.5.